The monoisotopic (exact) mass is 267 g/mol. The fraction of sp³-hybridized carbons (Fsp3) is 0.538. The van der Waals surface area contributed by atoms with Crippen molar-refractivity contribution in [1.29, 1.82) is 0 Å². The van der Waals surface area contributed by atoms with E-state index in [2.05, 4.69) is 41.9 Å². The summed E-state index contributed by atoms with van der Waals surface area (Å²) in [5, 5.41) is 0. The third-order valence-corrected chi connectivity index (χ3v) is 4.54. The summed E-state index contributed by atoms with van der Waals surface area (Å²) in [6, 6.07) is 4.36. The Hall–Kier alpha value is -0.340. The molecule has 0 radical (unpaired) electrons. The van der Waals surface area contributed by atoms with E-state index in [1.54, 1.807) is 0 Å². The third kappa shape index (κ3) is 2.43. The van der Waals surface area contributed by atoms with Crippen molar-refractivity contribution in [1.82, 2.24) is 0 Å². The molecule has 2 heteroatoms. The van der Waals surface area contributed by atoms with Crippen LogP contribution in [0.1, 0.15) is 36.0 Å². The first-order valence-corrected chi connectivity index (χ1v) is 6.35. The first-order valence-electron chi connectivity index (χ1n) is 5.55. The van der Waals surface area contributed by atoms with Crippen molar-refractivity contribution in [3.8, 4) is 0 Å². The van der Waals surface area contributed by atoms with E-state index in [0.29, 0.717) is 0 Å². The summed E-state index contributed by atoms with van der Waals surface area (Å²) in [7, 11) is 0. The minimum atomic E-state index is 0.162. The van der Waals surface area contributed by atoms with Gasteiger partial charge in [0.15, 0.2) is 0 Å². The van der Waals surface area contributed by atoms with Gasteiger partial charge in [0.25, 0.3) is 0 Å². The van der Waals surface area contributed by atoms with Crippen LogP contribution >= 0.6 is 15.9 Å². The first kappa shape index (κ1) is 11.2. The Labute approximate surface area is 100 Å². The Morgan fingerprint density at radius 3 is 2.47 bits per heavy atom. The minimum Gasteiger partial charge on any atom is -0.325 e. The molecule has 0 atom stereocenters. The van der Waals surface area contributed by atoms with Crippen LogP contribution in [0.15, 0.2) is 16.6 Å². The molecular formula is C13H18BrN. The molecule has 0 saturated heterocycles. The molecule has 1 fully saturated rings. The van der Waals surface area contributed by atoms with E-state index in [4.69, 9.17) is 5.73 Å². The smallest absolute Gasteiger partial charge is 0.0239 e. The van der Waals surface area contributed by atoms with E-state index >= 15 is 0 Å². The van der Waals surface area contributed by atoms with E-state index in [9.17, 15) is 0 Å². The van der Waals surface area contributed by atoms with Crippen LogP contribution in [0, 0.1) is 13.8 Å². The highest BCUT2D eigenvalue weighted by Crippen LogP contribution is 2.38. The van der Waals surface area contributed by atoms with Gasteiger partial charge in [-0.05, 0) is 56.2 Å². The van der Waals surface area contributed by atoms with Gasteiger partial charge in [0.1, 0.15) is 0 Å². The zero-order valence-electron chi connectivity index (χ0n) is 9.44. The molecule has 0 bridgehead atoms. The number of hydrogen-bond acceptors (Lipinski definition) is 1. The lowest BCUT2D eigenvalue weighted by Crippen LogP contribution is -2.22. The number of halogens is 1. The van der Waals surface area contributed by atoms with Crippen LogP contribution in [0.4, 0.5) is 0 Å². The molecule has 0 heterocycles. The van der Waals surface area contributed by atoms with Crippen molar-refractivity contribution >= 4 is 15.9 Å². The van der Waals surface area contributed by atoms with E-state index in [0.717, 1.165) is 12.8 Å². The van der Waals surface area contributed by atoms with Crippen molar-refractivity contribution < 1.29 is 0 Å². The minimum absolute atomic E-state index is 0.162. The number of rotatable bonds is 3. The van der Waals surface area contributed by atoms with Crippen molar-refractivity contribution in [3.05, 3.63) is 33.3 Å². The second-order valence-electron chi connectivity index (χ2n) is 4.85. The maximum absolute atomic E-state index is 6.12. The highest BCUT2D eigenvalue weighted by atomic mass is 79.9. The summed E-state index contributed by atoms with van der Waals surface area (Å²) in [4.78, 5) is 0. The van der Waals surface area contributed by atoms with E-state index < -0.39 is 0 Å². The maximum atomic E-state index is 6.12. The van der Waals surface area contributed by atoms with Crippen LogP contribution in [0.5, 0.6) is 0 Å². The number of benzene rings is 1. The molecule has 1 aromatic rings. The lowest BCUT2D eigenvalue weighted by molar-refractivity contribution is 0.607. The normalized spacial score (nSPS) is 17.9. The molecule has 0 amide bonds. The predicted octanol–water partition coefficient (Wildman–Crippen LogP) is 3.49. The molecule has 0 aromatic heterocycles. The van der Waals surface area contributed by atoms with Crippen LogP contribution in [0.25, 0.3) is 0 Å². The molecule has 1 saturated carbocycles. The summed E-state index contributed by atoms with van der Waals surface area (Å²) in [6.07, 6.45) is 4.63. The topological polar surface area (TPSA) is 26.0 Å². The zero-order chi connectivity index (χ0) is 11.1. The van der Waals surface area contributed by atoms with Gasteiger partial charge in [0.05, 0.1) is 0 Å². The zero-order valence-corrected chi connectivity index (χ0v) is 11.0. The summed E-state index contributed by atoms with van der Waals surface area (Å²) < 4.78 is 1.27. The standard InChI is InChI=1S/C13H18BrN/c1-9-3-4-10(2)12(14)11(9)5-6-13(15)7-8-13/h3-4H,5-8,15H2,1-2H3. The Morgan fingerprint density at radius 1 is 1.27 bits per heavy atom. The molecule has 2 N–H and O–H groups in total. The van der Waals surface area contributed by atoms with E-state index in [1.807, 2.05) is 0 Å². The molecule has 0 unspecified atom stereocenters. The quantitative estimate of drug-likeness (QED) is 0.892. The number of hydrogen-bond donors (Lipinski definition) is 1. The van der Waals surface area contributed by atoms with Gasteiger partial charge in [-0.3, -0.25) is 0 Å². The van der Waals surface area contributed by atoms with Gasteiger partial charge in [-0.15, -0.1) is 0 Å². The van der Waals surface area contributed by atoms with E-state index in [1.165, 1.54) is 34.0 Å². The van der Waals surface area contributed by atoms with Crippen LogP contribution in [-0.2, 0) is 6.42 Å². The van der Waals surface area contributed by atoms with Gasteiger partial charge in [0, 0.05) is 10.0 Å². The lowest BCUT2D eigenvalue weighted by atomic mass is 9.98. The average Bonchev–Trinajstić information content (AvgIpc) is 2.91. The van der Waals surface area contributed by atoms with Crippen molar-refractivity contribution in [2.75, 3.05) is 0 Å². The first-order chi connectivity index (χ1) is 7.02. The van der Waals surface area contributed by atoms with Crippen LogP contribution in [-0.4, -0.2) is 5.54 Å². The van der Waals surface area contributed by atoms with Crippen LogP contribution in [0.3, 0.4) is 0 Å². The van der Waals surface area contributed by atoms with Gasteiger partial charge < -0.3 is 5.73 Å². The van der Waals surface area contributed by atoms with Gasteiger partial charge >= 0.3 is 0 Å². The fourth-order valence-electron chi connectivity index (χ4n) is 1.93. The second-order valence-corrected chi connectivity index (χ2v) is 5.65. The average molecular weight is 268 g/mol. The van der Waals surface area contributed by atoms with Crippen LogP contribution in [0.2, 0.25) is 0 Å². The van der Waals surface area contributed by atoms with E-state index in [-0.39, 0.29) is 5.54 Å². The van der Waals surface area contributed by atoms with Gasteiger partial charge in [-0.2, -0.15) is 0 Å². The summed E-state index contributed by atoms with van der Waals surface area (Å²) >= 11 is 3.68. The fourth-order valence-corrected chi connectivity index (χ4v) is 2.57. The number of aryl methyl sites for hydroxylation is 2. The Balaban J connectivity index is 2.16. The molecule has 0 spiro atoms. The molecule has 15 heavy (non-hydrogen) atoms. The molecule has 2 rings (SSSR count). The third-order valence-electron chi connectivity index (χ3n) is 3.44. The molecule has 82 valence electrons. The Morgan fingerprint density at radius 2 is 1.87 bits per heavy atom. The van der Waals surface area contributed by atoms with Crippen molar-refractivity contribution in [2.45, 2.75) is 45.1 Å². The highest BCUT2D eigenvalue weighted by molar-refractivity contribution is 9.10. The molecule has 0 aliphatic heterocycles. The summed E-state index contributed by atoms with van der Waals surface area (Å²) in [5.41, 5.74) is 10.4. The van der Waals surface area contributed by atoms with Gasteiger partial charge in [-0.25, -0.2) is 0 Å². The van der Waals surface area contributed by atoms with Crippen molar-refractivity contribution in [3.63, 3.8) is 0 Å². The van der Waals surface area contributed by atoms with Crippen LogP contribution < -0.4 is 5.73 Å². The molecule has 1 nitrogen and oxygen atoms in total. The number of nitrogens with two attached hydrogens (primary N) is 1. The largest absolute Gasteiger partial charge is 0.325 e. The second kappa shape index (κ2) is 3.91. The molecule has 1 aliphatic carbocycles. The highest BCUT2D eigenvalue weighted by Gasteiger charge is 2.37. The molecule has 1 aromatic carbocycles. The molecular weight excluding hydrogens is 250 g/mol. The predicted molar refractivity (Wildman–Crippen MR) is 68.1 cm³/mol. The Bertz CT molecular complexity index is 380. The lowest BCUT2D eigenvalue weighted by Gasteiger charge is -2.13. The SMILES string of the molecule is Cc1ccc(C)c(CCC2(N)CC2)c1Br. The van der Waals surface area contributed by atoms with Crippen molar-refractivity contribution in [2.24, 2.45) is 5.73 Å². The maximum Gasteiger partial charge on any atom is 0.0239 e. The van der Waals surface area contributed by atoms with Gasteiger partial charge in [0.2, 0.25) is 0 Å². The summed E-state index contributed by atoms with van der Waals surface area (Å²) in [6.45, 7) is 4.32. The summed E-state index contributed by atoms with van der Waals surface area (Å²) in [5.74, 6) is 0. The molecule has 1 aliphatic rings. The van der Waals surface area contributed by atoms with Gasteiger partial charge in [-0.1, -0.05) is 28.1 Å². The Kier molecular flexibility index (Phi) is 2.91.